The van der Waals surface area contributed by atoms with Gasteiger partial charge in [0, 0.05) is 35.7 Å². The molecule has 100 valence electrons. The van der Waals surface area contributed by atoms with Gasteiger partial charge in [0.15, 0.2) is 0 Å². The molecule has 1 saturated heterocycles. The van der Waals surface area contributed by atoms with Crippen molar-refractivity contribution in [2.45, 2.75) is 26.7 Å². The third kappa shape index (κ3) is 2.25. The molecule has 1 aliphatic rings. The molecule has 0 saturated carbocycles. The maximum atomic E-state index is 6.14. The lowest BCUT2D eigenvalue weighted by molar-refractivity contribution is 0.445. The van der Waals surface area contributed by atoms with E-state index in [1.54, 1.807) is 0 Å². The Bertz CT molecular complexity index is 606. The molecule has 3 nitrogen and oxygen atoms in total. The van der Waals surface area contributed by atoms with Crippen LogP contribution in [0.1, 0.15) is 25.3 Å². The van der Waals surface area contributed by atoms with Gasteiger partial charge in [0.2, 0.25) is 0 Å². The predicted octanol–water partition coefficient (Wildman–Crippen LogP) is 3.36. The molecule has 1 aliphatic heterocycles. The van der Waals surface area contributed by atoms with Crippen LogP contribution in [0.15, 0.2) is 24.4 Å². The van der Waals surface area contributed by atoms with Crippen LogP contribution in [0.4, 0.5) is 11.5 Å². The Labute approximate surface area is 114 Å². The molecule has 2 N–H and O–H groups in total. The van der Waals surface area contributed by atoms with E-state index in [0.717, 1.165) is 35.9 Å². The fraction of sp³-hybridized carbons (Fsp3) is 0.438. The van der Waals surface area contributed by atoms with Crippen LogP contribution < -0.4 is 10.6 Å². The summed E-state index contributed by atoms with van der Waals surface area (Å²) >= 11 is 0. The van der Waals surface area contributed by atoms with Crippen molar-refractivity contribution in [3.63, 3.8) is 0 Å². The van der Waals surface area contributed by atoms with E-state index in [2.05, 4.69) is 29.8 Å². The number of rotatable bonds is 1. The lowest BCUT2D eigenvalue weighted by Gasteiger charge is -2.32. The van der Waals surface area contributed by atoms with Gasteiger partial charge in [-0.15, -0.1) is 0 Å². The van der Waals surface area contributed by atoms with Crippen LogP contribution >= 0.6 is 0 Å². The molecule has 0 spiro atoms. The normalized spacial score (nSPS) is 19.9. The van der Waals surface area contributed by atoms with Crippen LogP contribution in [0.3, 0.4) is 0 Å². The number of fused-ring (bicyclic) bond motifs is 1. The third-order valence-corrected chi connectivity index (χ3v) is 3.99. The highest BCUT2D eigenvalue weighted by molar-refractivity contribution is 6.00. The number of aryl methyl sites for hydroxylation is 1. The number of hydrogen-bond donors (Lipinski definition) is 1. The maximum Gasteiger partial charge on any atom is 0.136 e. The summed E-state index contributed by atoms with van der Waals surface area (Å²) in [4.78, 5) is 7.03. The highest BCUT2D eigenvalue weighted by Crippen LogP contribution is 2.31. The monoisotopic (exact) mass is 255 g/mol. The van der Waals surface area contributed by atoms with Gasteiger partial charge in [-0.3, -0.25) is 0 Å². The number of aromatic nitrogens is 1. The first-order chi connectivity index (χ1) is 9.15. The zero-order valence-corrected chi connectivity index (χ0v) is 11.7. The van der Waals surface area contributed by atoms with Crippen molar-refractivity contribution in [1.29, 1.82) is 0 Å². The maximum absolute atomic E-state index is 6.14. The van der Waals surface area contributed by atoms with Crippen LogP contribution in [-0.4, -0.2) is 18.1 Å². The van der Waals surface area contributed by atoms with Gasteiger partial charge in [-0.2, -0.15) is 0 Å². The van der Waals surface area contributed by atoms with Crippen LogP contribution in [-0.2, 0) is 0 Å². The average molecular weight is 255 g/mol. The Morgan fingerprint density at radius 2 is 2.16 bits per heavy atom. The van der Waals surface area contributed by atoms with Gasteiger partial charge >= 0.3 is 0 Å². The molecule has 0 amide bonds. The molecule has 0 radical (unpaired) electrons. The molecule has 3 heteroatoms. The zero-order valence-electron chi connectivity index (χ0n) is 11.7. The van der Waals surface area contributed by atoms with E-state index >= 15 is 0 Å². The van der Waals surface area contributed by atoms with Crippen molar-refractivity contribution in [1.82, 2.24) is 4.98 Å². The Morgan fingerprint density at radius 1 is 1.32 bits per heavy atom. The summed E-state index contributed by atoms with van der Waals surface area (Å²) in [7, 11) is 0. The molecule has 2 aromatic rings. The van der Waals surface area contributed by atoms with Gasteiger partial charge in [0.05, 0.1) is 0 Å². The second kappa shape index (κ2) is 4.72. The summed E-state index contributed by atoms with van der Waals surface area (Å²) in [6.45, 7) is 6.60. The molecule has 0 aliphatic carbocycles. The molecule has 19 heavy (non-hydrogen) atoms. The fourth-order valence-corrected chi connectivity index (χ4v) is 3.08. The second-order valence-electron chi connectivity index (χ2n) is 5.78. The summed E-state index contributed by atoms with van der Waals surface area (Å²) in [5.41, 5.74) is 8.19. The summed E-state index contributed by atoms with van der Waals surface area (Å²) in [6, 6.07) is 6.25. The van der Waals surface area contributed by atoms with E-state index < -0.39 is 0 Å². The molecule has 0 bridgehead atoms. The minimum absolute atomic E-state index is 0.743. The number of nitrogen functional groups attached to an aromatic ring is 1. The average Bonchev–Trinajstić information content (AvgIpc) is 2.38. The standard InChI is InChI=1S/C16H21N3/c1-11-4-3-7-19(10-11)16-14-8-12(2)9-15(17)13(14)5-6-18-16/h5-6,8-9,11H,3-4,7,10,17H2,1-2H3. The molecular weight excluding hydrogens is 234 g/mol. The zero-order chi connectivity index (χ0) is 13.4. The molecule has 1 aromatic heterocycles. The molecule has 1 atom stereocenters. The summed E-state index contributed by atoms with van der Waals surface area (Å²) in [6.07, 6.45) is 4.45. The van der Waals surface area contributed by atoms with Gasteiger partial charge < -0.3 is 10.6 Å². The van der Waals surface area contributed by atoms with Gasteiger partial charge in [0.25, 0.3) is 0 Å². The Balaban J connectivity index is 2.13. The SMILES string of the molecule is Cc1cc(N)c2ccnc(N3CCCC(C)C3)c2c1. The highest BCUT2D eigenvalue weighted by Gasteiger charge is 2.19. The number of nitrogens with zero attached hydrogens (tertiary/aromatic N) is 2. The third-order valence-electron chi connectivity index (χ3n) is 3.99. The number of anilines is 2. The van der Waals surface area contributed by atoms with Gasteiger partial charge in [-0.05, 0) is 49.4 Å². The fourth-order valence-electron chi connectivity index (χ4n) is 3.08. The van der Waals surface area contributed by atoms with Gasteiger partial charge in [-0.1, -0.05) is 6.92 Å². The molecule has 3 rings (SSSR count). The van der Waals surface area contributed by atoms with Crippen molar-refractivity contribution >= 4 is 22.3 Å². The van der Waals surface area contributed by atoms with Gasteiger partial charge in [0.1, 0.15) is 5.82 Å². The van der Waals surface area contributed by atoms with Gasteiger partial charge in [-0.25, -0.2) is 4.98 Å². The highest BCUT2D eigenvalue weighted by atomic mass is 15.2. The van der Waals surface area contributed by atoms with Crippen LogP contribution in [0.25, 0.3) is 10.8 Å². The van der Waals surface area contributed by atoms with Crippen molar-refractivity contribution in [2.75, 3.05) is 23.7 Å². The van der Waals surface area contributed by atoms with E-state index in [4.69, 9.17) is 5.73 Å². The Kier molecular flexibility index (Phi) is 3.05. The number of hydrogen-bond acceptors (Lipinski definition) is 3. The summed E-state index contributed by atoms with van der Waals surface area (Å²) < 4.78 is 0. The van der Waals surface area contributed by atoms with Crippen molar-refractivity contribution < 1.29 is 0 Å². The van der Waals surface area contributed by atoms with Crippen molar-refractivity contribution in [2.24, 2.45) is 5.92 Å². The van der Waals surface area contributed by atoms with E-state index in [9.17, 15) is 0 Å². The minimum Gasteiger partial charge on any atom is -0.398 e. The lowest BCUT2D eigenvalue weighted by Crippen LogP contribution is -2.34. The van der Waals surface area contributed by atoms with Crippen LogP contribution in [0, 0.1) is 12.8 Å². The summed E-state index contributed by atoms with van der Waals surface area (Å²) in [5.74, 6) is 1.84. The molecule has 2 heterocycles. The van der Waals surface area contributed by atoms with E-state index in [0.29, 0.717) is 0 Å². The number of benzene rings is 1. The largest absolute Gasteiger partial charge is 0.398 e. The summed E-state index contributed by atoms with van der Waals surface area (Å²) in [5, 5.41) is 2.31. The van der Waals surface area contributed by atoms with Crippen molar-refractivity contribution in [3.8, 4) is 0 Å². The quantitative estimate of drug-likeness (QED) is 0.794. The Hall–Kier alpha value is -1.77. The van der Waals surface area contributed by atoms with E-state index in [1.807, 2.05) is 18.3 Å². The van der Waals surface area contributed by atoms with E-state index in [-0.39, 0.29) is 0 Å². The Morgan fingerprint density at radius 3 is 2.95 bits per heavy atom. The molecule has 1 aromatic carbocycles. The van der Waals surface area contributed by atoms with Crippen molar-refractivity contribution in [3.05, 3.63) is 30.0 Å². The topological polar surface area (TPSA) is 42.1 Å². The first kappa shape index (κ1) is 12.3. The number of pyridine rings is 1. The smallest absolute Gasteiger partial charge is 0.136 e. The first-order valence-corrected chi connectivity index (χ1v) is 7.05. The van der Waals surface area contributed by atoms with Crippen LogP contribution in [0.2, 0.25) is 0 Å². The number of piperidine rings is 1. The van der Waals surface area contributed by atoms with E-state index in [1.165, 1.54) is 23.8 Å². The van der Waals surface area contributed by atoms with Crippen LogP contribution in [0.5, 0.6) is 0 Å². The first-order valence-electron chi connectivity index (χ1n) is 7.05. The molecule has 1 fully saturated rings. The second-order valence-corrected chi connectivity index (χ2v) is 5.78. The molecule has 1 unspecified atom stereocenters. The predicted molar refractivity (Wildman–Crippen MR) is 81.5 cm³/mol. The minimum atomic E-state index is 0.743. The number of nitrogens with two attached hydrogens (primary N) is 1. The molecular formula is C16H21N3. The lowest BCUT2D eigenvalue weighted by atomic mass is 9.99.